The minimum atomic E-state index is 0.575. The zero-order valence-corrected chi connectivity index (χ0v) is 12.3. The normalized spacial score (nSPS) is 14.5. The van der Waals surface area contributed by atoms with Gasteiger partial charge in [-0.1, -0.05) is 6.07 Å². The van der Waals surface area contributed by atoms with Crippen LogP contribution in [0.5, 0.6) is 0 Å². The lowest BCUT2D eigenvalue weighted by molar-refractivity contribution is 0.775. The van der Waals surface area contributed by atoms with Gasteiger partial charge in [0.05, 0.1) is 4.88 Å². The van der Waals surface area contributed by atoms with Crippen LogP contribution in [0.3, 0.4) is 0 Å². The van der Waals surface area contributed by atoms with E-state index in [1.807, 2.05) is 29.8 Å². The lowest BCUT2D eigenvalue weighted by Crippen LogP contribution is -2.11. The van der Waals surface area contributed by atoms with Crippen molar-refractivity contribution in [1.29, 1.82) is 0 Å². The van der Waals surface area contributed by atoms with Crippen molar-refractivity contribution < 1.29 is 0 Å². The predicted molar refractivity (Wildman–Crippen MR) is 83.3 cm³/mol. The summed E-state index contributed by atoms with van der Waals surface area (Å²) in [6, 6.07) is 5.89. The average molecular weight is 297 g/mol. The Labute approximate surface area is 126 Å². The summed E-state index contributed by atoms with van der Waals surface area (Å²) >= 11 is 1.61. The molecule has 1 aliphatic rings. The van der Waals surface area contributed by atoms with Crippen LogP contribution < -0.4 is 5.73 Å². The van der Waals surface area contributed by atoms with Crippen molar-refractivity contribution in [3.05, 3.63) is 41.5 Å². The van der Waals surface area contributed by atoms with Crippen molar-refractivity contribution >= 4 is 17.2 Å². The summed E-state index contributed by atoms with van der Waals surface area (Å²) in [5.74, 6) is 2.78. The van der Waals surface area contributed by atoms with E-state index in [2.05, 4.69) is 10.1 Å². The Bertz CT molecular complexity index is 745. The van der Waals surface area contributed by atoms with Crippen molar-refractivity contribution in [1.82, 2.24) is 19.7 Å². The van der Waals surface area contributed by atoms with Gasteiger partial charge in [-0.15, -0.1) is 11.3 Å². The van der Waals surface area contributed by atoms with E-state index in [0.29, 0.717) is 11.6 Å². The topological polar surface area (TPSA) is 69.6 Å². The minimum absolute atomic E-state index is 0.575. The second kappa shape index (κ2) is 4.96. The molecular formula is C15H15N5S. The fourth-order valence-electron chi connectivity index (χ4n) is 2.40. The summed E-state index contributed by atoms with van der Waals surface area (Å²) in [5.41, 5.74) is 7.24. The molecule has 21 heavy (non-hydrogen) atoms. The first-order chi connectivity index (χ1) is 10.3. The van der Waals surface area contributed by atoms with Crippen LogP contribution in [0.25, 0.3) is 16.5 Å². The first-order valence-electron chi connectivity index (χ1n) is 7.01. The van der Waals surface area contributed by atoms with Gasteiger partial charge in [0, 0.05) is 18.0 Å². The van der Waals surface area contributed by atoms with Gasteiger partial charge in [-0.25, -0.2) is 14.6 Å². The maximum absolute atomic E-state index is 6.22. The van der Waals surface area contributed by atoms with Crippen LogP contribution in [0.4, 0.5) is 5.82 Å². The molecule has 0 spiro atoms. The van der Waals surface area contributed by atoms with Crippen molar-refractivity contribution in [2.45, 2.75) is 19.3 Å². The van der Waals surface area contributed by atoms with Gasteiger partial charge in [-0.05, 0) is 42.7 Å². The first kappa shape index (κ1) is 12.5. The van der Waals surface area contributed by atoms with Crippen LogP contribution in [0.15, 0.2) is 36.0 Å². The van der Waals surface area contributed by atoms with Gasteiger partial charge in [0.25, 0.3) is 0 Å². The molecule has 0 radical (unpaired) electrons. The third-order valence-electron chi connectivity index (χ3n) is 3.67. The number of anilines is 1. The van der Waals surface area contributed by atoms with Crippen LogP contribution in [0.1, 0.15) is 18.4 Å². The number of nitrogen functional groups attached to an aromatic ring is 1. The maximum Gasteiger partial charge on any atom is 0.173 e. The molecule has 0 aliphatic heterocycles. The molecule has 0 saturated heterocycles. The Morgan fingerprint density at radius 2 is 2.19 bits per heavy atom. The number of rotatable bonds is 4. The number of nitrogens with two attached hydrogens (primary N) is 1. The number of thiophene rings is 1. The molecule has 4 rings (SSSR count). The molecular weight excluding hydrogens is 282 g/mol. The van der Waals surface area contributed by atoms with E-state index in [9.17, 15) is 0 Å². The molecule has 5 nitrogen and oxygen atoms in total. The van der Waals surface area contributed by atoms with Crippen molar-refractivity contribution in [2.75, 3.05) is 5.73 Å². The van der Waals surface area contributed by atoms with Crippen LogP contribution in [0.2, 0.25) is 0 Å². The lowest BCUT2D eigenvalue weighted by atomic mass is 10.1. The molecule has 3 aromatic heterocycles. The third kappa shape index (κ3) is 2.42. The summed E-state index contributed by atoms with van der Waals surface area (Å²) < 4.78 is 1.78. The van der Waals surface area contributed by atoms with Gasteiger partial charge in [-0.2, -0.15) is 5.10 Å². The lowest BCUT2D eigenvalue weighted by Gasteiger charge is -2.12. The van der Waals surface area contributed by atoms with Gasteiger partial charge < -0.3 is 5.73 Å². The smallest absolute Gasteiger partial charge is 0.173 e. The highest BCUT2D eigenvalue weighted by molar-refractivity contribution is 7.13. The Morgan fingerprint density at radius 3 is 2.86 bits per heavy atom. The molecule has 0 amide bonds. The average Bonchev–Trinajstić information content (AvgIpc) is 2.99. The summed E-state index contributed by atoms with van der Waals surface area (Å²) in [6.07, 6.45) is 7.13. The molecule has 3 heterocycles. The van der Waals surface area contributed by atoms with E-state index in [1.165, 1.54) is 12.8 Å². The van der Waals surface area contributed by atoms with Gasteiger partial charge in [-0.3, -0.25) is 0 Å². The Balaban J connectivity index is 1.86. The van der Waals surface area contributed by atoms with Gasteiger partial charge in [0.2, 0.25) is 0 Å². The zero-order chi connectivity index (χ0) is 14.2. The number of hydrogen-bond donors (Lipinski definition) is 1. The molecule has 1 fully saturated rings. The van der Waals surface area contributed by atoms with Crippen LogP contribution >= 0.6 is 11.3 Å². The first-order valence-corrected chi connectivity index (χ1v) is 7.89. The number of hydrogen-bond acceptors (Lipinski definition) is 5. The number of nitrogens with zero attached hydrogens (tertiary/aromatic N) is 4. The summed E-state index contributed by atoms with van der Waals surface area (Å²) in [7, 11) is 0. The molecule has 6 heteroatoms. The Kier molecular flexibility index (Phi) is 2.96. The maximum atomic E-state index is 6.22. The van der Waals surface area contributed by atoms with Gasteiger partial charge >= 0.3 is 0 Å². The second-order valence-electron chi connectivity index (χ2n) is 5.31. The van der Waals surface area contributed by atoms with E-state index < -0.39 is 0 Å². The number of aromatic nitrogens is 4. The highest BCUT2D eigenvalue weighted by atomic mass is 32.1. The fraction of sp³-hybridized carbons (Fsp3) is 0.267. The highest BCUT2D eigenvalue weighted by Gasteiger charge is 2.26. The molecule has 106 valence electrons. The highest BCUT2D eigenvalue weighted by Crippen LogP contribution is 2.36. The van der Waals surface area contributed by atoms with Crippen LogP contribution in [0, 0.1) is 5.92 Å². The third-order valence-corrected chi connectivity index (χ3v) is 4.54. The fourth-order valence-corrected chi connectivity index (χ4v) is 3.05. The summed E-state index contributed by atoms with van der Waals surface area (Å²) in [5, 5.41) is 6.33. The van der Waals surface area contributed by atoms with E-state index in [0.717, 1.165) is 28.6 Å². The Hall–Kier alpha value is -2.21. The zero-order valence-electron chi connectivity index (χ0n) is 11.4. The van der Waals surface area contributed by atoms with Crippen LogP contribution in [-0.2, 0) is 6.42 Å². The van der Waals surface area contributed by atoms with E-state index in [1.54, 1.807) is 22.2 Å². The molecule has 0 atom stereocenters. The second-order valence-corrected chi connectivity index (χ2v) is 6.26. The standard InChI is InChI=1S/C15H15N5S/c16-13-11(9-10-4-5-10)15(20-7-2-6-17-20)19-14(18-13)12-3-1-8-21-12/h1-3,6-8,10H,4-5,9H2,(H2,16,18,19). The molecule has 0 unspecified atom stereocenters. The van der Waals surface area contributed by atoms with Crippen LogP contribution in [-0.4, -0.2) is 19.7 Å². The van der Waals surface area contributed by atoms with E-state index in [-0.39, 0.29) is 0 Å². The summed E-state index contributed by atoms with van der Waals surface area (Å²) in [4.78, 5) is 10.2. The van der Waals surface area contributed by atoms with Gasteiger partial charge in [0.1, 0.15) is 5.82 Å². The van der Waals surface area contributed by atoms with E-state index in [4.69, 9.17) is 10.7 Å². The molecule has 3 aromatic rings. The van der Waals surface area contributed by atoms with Crippen molar-refractivity contribution in [3.8, 4) is 16.5 Å². The quantitative estimate of drug-likeness (QED) is 0.804. The largest absolute Gasteiger partial charge is 0.383 e. The molecule has 1 saturated carbocycles. The monoisotopic (exact) mass is 297 g/mol. The summed E-state index contributed by atoms with van der Waals surface area (Å²) in [6.45, 7) is 0. The van der Waals surface area contributed by atoms with Crippen molar-refractivity contribution in [3.63, 3.8) is 0 Å². The SMILES string of the molecule is Nc1nc(-c2cccs2)nc(-n2cccn2)c1CC1CC1. The van der Waals surface area contributed by atoms with E-state index >= 15 is 0 Å². The molecule has 0 bridgehead atoms. The Morgan fingerprint density at radius 1 is 1.29 bits per heavy atom. The molecule has 1 aliphatic carbocycles. The van der Waals surface area contributed by atoms with Gasteiger partial charge in [0.15, 0.2) is 11.6 Å². The molecule has 2 N–H and O–H groups in total. The predicted octanol–water partition coefficient (Wildman–Crippen LogP) is 2.93. The molecule has 0 aromatic carbocycles. The van der Waals surface area contributed by atoms with Crippen molar-refractivity contribution in [2.24, 2.45) is 5.92 Å². The minimum Gasteiger partial charge on any atom is -0.383 e.